The highest BCUT2D eigenvalue weighted by Gasteiger charge is 2.35. The fourth-order valence-corrected chi connectivity index (χ4v) is 5.57. The second-order valence-corrected chi connectivity index (χ2v) is 9.81. The zero-order valence-corrected chi connectivity index (χ0v) is 21.8. The molecule has 1 atom stereocenters. The first-order chi connectivity index (χ1) is 18.0. The number of piperidine rings is 1. The Hall–Kier alpha value is -3.53. The van der Waals surface area contributed by atoms with Gasteiger partial charge in [-0.15, -0.1) is 6.58 Å². The van der Waals surface area contributed by atoms with Gasteiger partial charge >= 0.3 is 6.18 Å². The third-order valence-corrected chi connectivity index (χ3v) is 7.32. The number of benzene rings is 1. The van der Waals surface area contributed by atoms with E-state index in [-0.39, 0.29) is 30.0 Å². The molecule has 0 radical (unpaired) electrons. The fraction of sp³-hybridized carbons (Fsp3) is 0.429. The first-order valence-corrected chi connectivity index (χ1v) is 12.6. The van der Waals surface area contributed by atoms with E-state index >= 15 is 0 Å². The molecule has 1 amide bonds. The van der Waals surface area contributed by atoms with Crippen molar-refractivity contribution in [3.63, 3.8) is 0 Å². The first kappa shape index (κ1) is 27.5. The number of H-pyrrole nitrogens is 1. The van der Waals surface area contributed by atoms with Crippen LogP contribution in [0, 0.1) is 19.8 Å². The number of methoxy groups -OCH3 is 1. The van der Waals surface area contributed by atoms with Gasteiger partial charge in [-0.3, -0.25) is 14.5 Å². The molecule has 0 spiro atoms. The number of fused-ring (bicyclic) bond motifs is 1. The van der Waals surface area contributed by atoms with Gasteiger partial charge in [0.1, 0.15) is 5.75 Å². The average Bonchev–Trinajstić information content (AvgIpc) is 3.15. The van der Waals surface area contributed by atoms with Gasteiger partial charge in [-0.25, -0.2) is 0 Å². The second kappa shape index (κ2) is 11.1. The third kappa shape index (κ3) is 5.65. The van der Waals surface area contributed by atoms with Gasteiger partial charge in [0.25, 0.3) is 11.5 Å². The van der Waals surface area contributed by atoms with Crippen LogP contribution in [0.5, 0.6) is 5.75 Å². The maximum Gasteiger partial charge on any atom is 0.401 e. The Labute approximate surface area is 219 Å². The van der Waals surface area contributed by atoms with Crippen molar-refractivity contribution in [3.05, 3.63) is 75.9 Å². The number of aryl methyl sites for hydroxylation is 1. The summed E-state index contributed by atoms with van der Waals surface area (Å²) in [6, 6.07) is 9.07. The Morgan fingerprint density at radius 3 is 2.58 bits per heavy atom. The van der Waals surface area contributed by atoms with Crippen LogP contribution in [0.25, 0.3) is 10.9 Å². The number of alkyl halides is 3. The Morgan fingerprint density at radius 1 is 1.26 bits per heavy atom. The van der Waals surface area contributed by atoms with Crippen LogP contribution in [0.2, 0.25) is 0 Å². The molecule has 0 bridgehead atoms. The van der Waals surface area contributed by atoms with Crippen molar-refractivity contribution in [2.24, 2.45) is 5.92 Å². The van der Waals surface area contributed by atoms with Crippen LogP contribution < -0.4 is 15.6 Å². The van der Waals surface area contributed by atoms with Gasteiger partial charge in [0, 0.05) is 22.3 Å². The summed E-state index contributed by atoms with van der Waals surface area (Å²) >= 11 is 0. The highest BCUT2D eigenvalue weighted by molar-refractivity contribution is 6.08. The van der Waals surface area contributed by atoms with Crippen molar-refractivity contribution in [1.82, 2.24) is 19.8 Å². The minimum atomic E-state index is -4.21. The second-order valence-electron chi connectivity index (χ2n) is 9.81. The number of carbonyl (C=O) groups is 1. The quantitative estimate of drug-likeness (QED) is 0.407. The summed E-state index contributed by atoms with van der Waals surface area (Å²) in [5.41, 5.74) is 2.72. The lowest BCUT2D eigenvalue weighted by atomic mass is 9.89. The van der Waals surface area contributed by atoms with Gasteiger partial charge in [0.05, 0.1) is 37.4 Å². The summed E-state index contributed by atoms with van der Waals surface area (Å²) in [4.78, 5) is 30.1. The monoisotopic (exact) mass is 530 g/mol. The minimum Gasteiger partial charge on any atom is -0.496 e. The molecular weight excluding hydrogens is 497 g/mol. The summed E-state index contributed by atoms with van der Waals surface area (Å²) in [6.45, 7) is 7.45. The number of rotatable bonds is 8. The van der Waals surface area contributed by atoms with E-state index in [2.05, 4.69) is 21.4 Å². The number of nitrogens with one attached hydrogen (secondary N) is 2. The molecule has 2 aromatic heterocycles. The number of para-hydroxylation sites is 1. The van der Waals surface area contributed by atoms with Crippen LogP contribution >= 0.6 is 0 Å². The topological polar surface area (TPSA) is 79.4 Å². The lowest BCUT2D eigenvalue weighted by molar-refractivity contribution is -0.148. The molecule has 2 N–H and O–H groups in total. The molecule has 4 rings (SSSR count). The SMILES string of the molecule is C=C[C@@H](C1CCN(CC(F)(F)F)CC1)n1c(C)c(C(=O)NCc2c(OC)cc(C)[nH]c2=O)c2ccccc21. The Balaban J connectivity index is 1.62. The predicted molar refractivity (Wildman–Crippen MR) is 141 cm³/mol. The predicted octanol–water partition coefficient (Wildman–Crippen LogP) is 4.89. The number of pyridine rings is 1. The van der Waals surface area contributed by atoms with Gasteiger partial charge in [-0.1, -0.05) is 24.3 Å². The maximum absolute atomic E-state index is 13.5. The fourth-order valence-electron chi connectivity index (χ4n) is 5.57. The Bertz CT molecular complexity index is 1380. The summed E-state index contributed by atoms with van der Waals surface area (Å²) in [5.74, 6) is 0.148. The van der Waals surface area contributed by atoms with Crippen molar-refractivity contribution in [3.8, 4) is 5.75 Å². The molecule has 1 aliphatic heterocycles. The number of aromatic nitrogens is 2. The normalized spacial score (nSPS) is 15.9. The van der Waals surface area contributed by atoms with Crippen LogP contribution in [-0.2, 0) is 6.54 Å². The molecule has 38 heavy (non-hydrogen) atoms. The number of hydrogen-bond acceptors (Lipinski definition) is 4. The van der Waals surface area contributed by atoms with Gasteiger partial charge in [0.15, 0.2) is 0 Å². The number of likely N-dealkylation sites (tertiary alicyclic amines) is 1. The molecule has 1 aliphatic rings. The molecule has 0 aliphatic carbocycles. The standard InChI is InChI=1S/C28H33F3N4O3/c1-5-22(19-10-12-34(13-11-19)16-28(29,30)31)35-18(3)25(20-8-6-7-9-23(20)35)27(37)32-15-21-24(38-4)14-17(2)33-26(21)36/h5-9,14,19,22H,1,10-13,15-16H2,2-4H3,(H,32,37)(H,33,36)/t22-/m0/s1. The molecule has 1 fully saturated rings. The van der Waals surface area contributed by atoms with Crippen molar-refractivity contribution in [1.29, 1.82) is 0 Å². The molecule has 204 valence electrons. The van der Waals surface area contributed by atoms with E-state index in [0.29, 0.717) is 48.5 Å². The lowest BCUT2D eigenvalue weighted by Crippen LogP contribution is -2.41. The zero-order valence-electron chi connectivity index (χ0n) is 21.8. The number of ether oxygens (including phenoxy) is 1. The van der Waals surface area contributed by atoms with Gasteiger partial charge in [0.2, 0.25) is 0 Å². The number of allylic oxidation sites excluding steroid dienone is 1. The summed E-state index contributed by atoms with van der Waals surface area (Å²) < 4.78 is 46.0. The molecule has 1 aromatic carbocycles. The zero-order chi connectivity index (χ0) is 27.6. The molecular formula is C28H33F3N4O3. The van der Waals surface area contributed by atoms with Gasteiger partial charge in [-0.2, -0.15) is 13.2 Å². The van der Waals surface area contributed by atoms with Crippen molar-refractivity contribution < 1.29 is 22.7 Å². The van der Waals surface area contributed by atoms with Gasteiger partial charge in [-0.05, 0) is 57.8 Å². The summed E-state index contributed by atoms with van der Waals surface area (Å²) in [7, 11) is 1.47. The average molecular weight is 531 g/mol. The molecule has 3 aromatic rings. The number of amides is 1. The maximum atomic E-state index is 13.5. The van der Waals surface area contributed by atoms with Gasteiger partial charge < -0.3 is 19.6 Å². The van der Waals surface area contributed by atoms with E-state index in [1.54, 1.807) is 13.0 Å². The molecule has 7 nitrogen and oxygen atoms in total. The number of nitrogens with zero attached hydrogens (tertiary/aromatic N) is 2. The number of hydrogen-bond donors (Lipinski definition) is 2. The molecule has 1 saturated heterocycles. The summed E-state index contributed by atoms with van der Waals surface area (Å²) in [5, 5.41) is 3.63. The van der Waals surface area contributed by atoms with Crippen molar-refractivity contribution >= 4 is 16.8 Å². The summed E-state index contributed by atoms with van der Waals surface area (Å²) in [6.07, 6.45) is -1.21. The molecule has 10 heteroatoms. The molecule has 0 saturated carbocycles. The van der Waals surface area contributed by atoms with E-state index in [9.17, 15) is 22.8 Å². The van der Waals surface area contributed by atoms with Crippen molar-refractivity contribution in [2.75, 3.05) is 26.7 Å². The Kier molecular flexibility index (Phi) is 8.01. The smallest absolute Gasteiger partial charge is 0.401 e. The van der Waals surface area contributed by atoms with Crippen molar-refractivity contribution in [2.45, 2.75) is 45.5 Å². The molecule has 0 unspecified atom stereocenters. The van der Waals surface area contributed by atoms with Crippen LogP contribution in [0.1, 0.15) is 46.2 Å². The third-order valence-electron chi connectivity index (χ3n) is 7.32. The Morgan fingerprint density at radius 2 is 1.95 bits per heavy atom. The lowest BCUT2D eigenvalue weighted by Gasteiger charge is -2.36. The van der Waals surface area contributed by atoms with E-state index in [1.165, 1.54) is 12.0 Å². The van der Waals surface area contributed by atoms with Crippen LogP contribution in [-0.4, -0.2) is 53.3 Å². The van der Waals surface area contributed by atoms with E-state index in [0.717, 1.165) is 16.6 Å². The highest BCUT2D eigenvalue weighted by atomic mass is 19.4. The first-order valence-electron chi connectivity index (χ1n) is 12.6. The van der Waals surface area contributed by atoms with Crippen LogP contribution in [0.15, 0.2) is 47.8 Å². The van der Waals surface area contributed by atoms with E-state index in [1.807, 2.05) is 37.3 Å². The van der Waals surface area contributed by atoms with Crippen LogP contribution in [0.4, 0.5) is 13.2 Å². The van der Waals surface area contributed by atoms with E-state index in [4.69, 9.17) is 4.74 Å². The van der Waals surface area contributed by atoms with Crippen LogP contribution in [0.3, 0.4) is 0 Å². The molecule has 3 heterocycles. The van der Waals surface area contributed by atoms with E-state index < -0.39 is 12.7 Å². The number of aromatic amines is 1. The number of halogens is 3. The largest absolute Gasteiger partial charge is 0.496 e. The minimum absolute atomic E-state index is 0.0148. The number of carbonyl (C=O) groups excluding carboxylic acids is 1. The highest BCUT2D eigenvalue weighted by Crippen LogP contribution is 2.37.